The highest BCUT2D eigenvalue weighted by Crippen LogP contribution is 2.11. The number of hydrogen-bond donors (Lipinski definition) is 0. The molecule has 0 heterocycles. The van der Waals surface area contributed by atoms with Crippen LogP contribution >= 0.6 is 24.4 Å². The van der Waals surface area contributed by atoms with Crippen molar-refractivity contribution in [1.29, 1.82) is 0 Å². The van der Waals surface area contributed by atoms with Crippen LogP contribution in [0.3, 0.4) is 0 Å². The second-order valence-corrected chi connectivity index (χ2v) is 3.19. The minimum absolute atomic E-state index is 0.634. The first kappa shape index (κ1) is 7.69. The van der Waals surface area contributed by atoms with Crippen LogP contribution in [-0.4, -0.2) is 16.0 Å². The van der Waals surface area contributed by atoms with Gasteiger partial charge in [0.1, 0.15) is 0 Å². The van der Waals surface area contributed by atoms with E-state index >= 15 is 0 Å². The SMILES string of the molecule is O=CC1=CCC(=S)CC1=S. The first-order valence-electron chi connectivity index (χ1n) is 2.94. The molecule has 52 valence electrons. The second kappa shape index (κ2) is 3.12. The normalized spacial score (nSPS) is 18.6. The Kier molecular flexibility index (Phi) is 2.40. The molecule has 0 spiro atoms. The molecule has 1 rings (SSSR count). The molecule has 0 fully saturated rings. The van der Waals surface area contributed by atoms with Gasteiger partial charge in [0.2, 0.25) is 0 Å². The van der Waals surface area contributed by atoms with Crippen molar-refractivity contribution < 1.29 is 4.79 Å². The summed E-state index contributed by atoms with van der Waals surface area (Å²) in [6.07, 6.45) is 3.95. The van der Waals surface area contributed by atoms with Gasteiger partial charge in [-0.25, -0.2) is 0 Å². The molecule has 0 aliphatic heterocycles. The number of aldehydes is 1. The molecule has 0 atom stereocenters. The Hall–Kier alpha value is -0.410. The van der Waals surface area contributed by atoms with Gasteiger partial charge in [0.05, 0.1) is 0 Å². The maximum atomic E-state index is 10.3. The van der Waals surface area contributed by atoms with Crippen LogP contribution in [0.1, 0.15) is 12.8 Å². The topological polar surface area (TPSA) is 17.1 Å². The zero-order chi connectivity index (χ0) is 7.56. The lowest BCUT2D eigenvalue weighted by Crippen LogP contribution is -2.12. The lowest BCUT2D eigenvalue weighted by atomic mass is 10.0. The van der Waals surface area contributed by atoms with Gasteiger partial charge in [0.15, 0.2) is 6.29 Å². The number of carbonyl (C=O) groups excluding carboxylic acids is 1. The van der Waals surface area contributed by atoms with Gasteiger partial charge in [0.25, 0.3) is 0 Å². The Balaban J connectivity index is 2.85. The zero-order valence-corrected chi connectivity index (χ0v) is 6.93. The molecule has 1 aliphatic carbocycles. The smallest absolute Gasteiger partial charge is 0.150 e. The van der Waals surface area contributed by atoms with Gasteiger partial charge in [-0.3, -0.25) is 4.79 Å². The van der Waals surface area contributed by atoms with Gasteiger partial charge in [-0.15, -0.1) is 0 Å². The van der Waals surface area contributed by atoms with E-state index in [0.717, 1.165) is 17.6 Å². The number of rotatable bonds is 1. The number of hydrogen-bond acceptors (Lipinski definition) is 3. The van der Waals surface area contributed by atoms with Crippen molar-refractivity contribution in [2.24, 2.45) is 0 Å². The minimum Gasteiger partial charge on any atom is -0.298 e. The number of allylic oxidation sites excluding steroid dienone is 2. The summed E-state index contributed by atoms with van der Waals surface area (Å²) in [7, 11) is 0. The summed E-state index contributed by atoms with van der Waals surface area (Å²) < 4.78 is 0. The van der Waals surface area contributed by atoms with Crippen molar-refractivity contribution in [3.8, 4) is 0 Å². The molecule has 0 saturated heterocycles. The Bertz CT molecular complexity index is 228. The third kappa shape index (κ3) is 1.55. The predicted molar refractivity (Wildman–Crippen MR) is 48.6 cm³/mol. The standard InChI is InChI=1S/C7H6OS2/c8-4-5-1-2-6(9)3-7(5)10/h1,4H,2-3H2. The van der Waals surface area contributed by atoms with Gasteiger partial charge in [-0.2, -0.15) is 0 Å². The third-order valence-electron chi connectivity index (χ3n) is 1.36. The molecule has 0 bridgehead atoms. The maximum absolute atomic E-state index is 10.3. The fourth-order valence-electron chi connectivity index (χ4n) is 0.805. The average molecular weight is 170 g/mol. The summed E-state index contributed by atoms with van der Waals surface area (Å²) >= 11 is 9.85. The van der Waals surface area contributed by atoms with Crippen molar-refractivity contribution in [2.75, 3.05) is 0 Å². The molecule has 0 aromatic carbocycles. The van der Waals surface area contributed by atoms with Crippen LogP contribution in [0.2, 0.25) is 0 Å². The van der Waals surface area contributed by atoms with Gasteiger partial charge in [-0.05, 0) is 6.42 Å². The molecule has 0 radical (unpaired) electrons. The van der Waals surface area contributed by atoms with Crippen molar-refractivity contribution in [3.63, 3.8) is 0 Å². The lowest BCUT2D eigenvalue weighted by Gasteiger charge is -2.08. The van der Waals surface area contributed by atoms with E-state index in [1.807, 2.05) is 0 Å². The molecule has 0 aromatic rings. The van der Waals surface area contributed by atoms with Gasteiger partial charge >= 0.3 is 0 Å². The van der Waals surface area contributed by atoms with E-state index in [9.17, 15) is 4.79 Å². The van der Waals surface area contributed by atoms with Crippen molar-refractivity contribution in [2.45, 2.75) is 12.8 Å². The average Bonchev–Trinajstić information content (AvgIpc) is 1.88. The van der Waals surface area contributed by atoms with Crippen LogP contribution < -0.4 is 0 Å². The van der Waals surface area contributed by atoms with Crippen LogP contribution in [0.4, 0.5) is 0 Å². The second-order valence-electron chi connectivity index (χ2n) is 2.12. The predicted octanol–water partition coefficient (Wildman–Crippen LogP) is 1.65. The molecule has 0 saturated carbocycles. The molecule has 0 N–H and O–H groups in total. The third-order valence-corrected chi connectivity index (χ3v) is 2.05. The van der Waals surface area contributed by atoms with Crippen LogP contribution in [-0.2, 0) is 4.79 Å². The summed E-state index contributed by atoms with van der Waals surface area (Å²) in [5.41, 5.74) is 0.642. The van der Waals surface area contributed by atoms with Crippen LogP contribution in [0.25, 0.3) is 0 Å². The molecule has 1 aliphatic rings. The Morgan fingerprint density at radius 1 is 1.50 bits per heavy atom. The van der Waals surface area contributed by atoms with E-state index in [1.54, 1.807) is 6.08 Å². The zero-order valence-electron chi connectivity index (χ0n) is 5.29. The molecule has 10 heavy (non-hydrogen) atoms. The van der Waals surface area contributed by atoms with Crippen LogP contribution in [0.15, 0.2) is 11.6 Å². The van der Waals surface area contributed by atoms with Gasteiger partial charge in [0, 0.05) is 21.7 Å². The van der Waals surface area contributed by atoms with E-state index in [0.29, 0.717) is 16.9 Å². The van der Waals surface area contributed by atoms with Crippen molar-refractivity contribution in [1.82, 2.24) is 0 Å². The first-order chi connectivity index (χ1) is 4.74. The van der Waals surface area contributed by atoms with E-state index in [-0.39, 0.29) is 0 Å². The monoisotopic (exact) mass is 170 g/mol. The quantitative estimate of drug-likeness (QED) is 0.440. The maximum Gasteiger partial charge on any atom is 0.150 e. The largest absolute Gasteiger partial charge is 0.298 e. The minimum atomic E-state index is 0.634. The summed E-state index contributed by atoms with van der Waals surface area (Å²) in [4.78, 5) is 11.9. The fraction of sp³-hybridized carbons (Fsp3) is 0.286. The van der Waals surface area contributed by atoms with Crippen LogP contribution in [0.5, 0.6) is 0 Å². The lowest BCUT2D eigenvalue weighted by molar-refractivity contribution is -0.104. The highest BCUT2D eigenvalue weighted by molar-refractivity contribution is 7.82. The summed E-state index contributed by atoms with van der Waals surface area (Å²) in [5.74, 6) is 0. The Morgan fingerprint density at radius 3 is 2.70 bits per heavy atom. The molecule has 3 heteroatoms. The van der Waals surface area contributed by atoms with E-state index in [2.05, 4.69) is 0 Å². The number of thiocarbonyl (C=S) groups is 2. The Morgan fingerprint density at radius 2 is 2.20 bits per heavy atom. The van der Waals surface area contributed by atoms with E-state index < -0.39 is 0 Å². The first-order valence-corrected chi connectivity index (χ1v) is 3.76. The fourth-order valence-corrected chi connectivity index (χ4v) is 1.43. The summed E-state index contributed by atoms with van der Waals surface area (Å²) in [6.45, 7) is 0. The summed E-state index contributed by atoms with van der Waals surface area (Å²) in [5, 5.41) is 0. The number of carbonyl (C=O) groups is 1. The molecule has 0 aromatic heterocycles. The van der Waals surface area contributed by atoms with E-state index in [1.165, 1.54) is 0 Å². The van der Waals surface area contributed by atoms with Crippen molar-refractivity contribution >= 4 is 40.5 Å². The highest BCUT2D eigenvalue weighted by atomic mass is 32.1. The molecule has 1 nitrogen and oxygen atoms in total. The van der Waals surface area contributed by atoms with Gasteiger partial charge in [-0.1, -0.05) is 30.5 Å². The van der Waals surface area contributed by atoms with E-state index in [4.69, 9.17) is 24.4 Å². The molecule has 0 unspecified atom stereocenters. The van der Waals surface area contributed by atoms with Crippen molar-refractivity contribution in [3.05, 3.63) is 11.6 Å². The highest BCUT2D eigenvalue weighted by Gasteiger charge is 2.11. The van der Waals surface area contributed by atoms with Crippen LogP contribution in [0, 0.1) is 0 Å². The molecular weight excluding hydrogens is 164 g/mol. The van der Waals surface area contributed by atoms with Gasteiger partial charge < -0.3 is 0 Å². The molecular formula is C7H6OS2. The Labute approximate surface area is 70.1 Å². The summed E-state index contributed by atoms with van der Waals surface area (Å²) in [6, 6.07) is 0. The molecule has 0 amide bonds.